The number of hydrogen-bond donors (Lipinski definition) is 5. The SMILES string of the molecule is CCNC(=O)NC[C@H]1CC[C@H]2CC[C@@H](C(=O)NC(c3ccccc3)c3ccccc3)N2C(=O)[C@H]1NC(=O)[C@@H](Cc1ccccc1)NC. The number of rotatable bonds is 12. The van der Waals surface area contributed by atoms with Crippen LogP contribution in [0.4, 0.5) is 4.79 Å². The summed E-state index contributed by atoms with van der Waals surface area (Å²) in [7, 11) is 1.73. The third-order valence-corrected chi connectivity index (χ3v) is 9.33. The monoisotopic (exact) mass is 638 g/mol. The summed E-state index contributed by atoms with van der Waals surface area (Å²) in [5.41, 5.74) is 2.88. The van der Waals surface area contributed by atoms with Crippen molar-refractivity contribution in [2.45, 2.75) is 69.2 Å². The second-order valence-corrected chi connectivity index (χ2v) is 12.4. The molecule has 248 valence electrons. The van der Waals surface area contributed by atoms with Crippen molar-refractivity contribution in [3.05, 3.63) is 108 Å². The summed E-state index contributed by atoms with van der Waals surface area (Å²) < 4.78 is 0. The highest BCUT2D eigenvalue weighted by Crippen LogP contribution is 2.35. The summed E-state index contributed by atoms with van der Waals surface area (Å²) in [6.45, 7) is 2.52. The van der Waals surface area contributed by atoms with E-state index in [1.807, 2.05) is 97.9 Å². The summed E-state index contributed by atoms with van der Waals surface area (Å²) in [5.74, 6) is -1.16. The van der Waals surface area contributed by atoms with Gasteiger partial charge in [0.2, 0.25) is 17.7 Å². The lowest BCUT2D eigenvalue weighted by Crippen LogP contribution is -2.59. The summed E-state index contributed by atoms with van der Waals surface area (Å²) in [5, 5.41) is 15.0. The van der Waals surface area contributed by atoms with Gasteiger partial charge in [0.15, 0.2) is 0 Å². The minimum absolute atomic E-state index is 0.136. The number of amides is 5. The first-order chi connectivity index (χ1) is 22.9. The topological polar surface area (TPSA) is 132 Å². The predicted octanol–water partition coefficient (Wildman–Crippen LogP) is 3.30. The first-order valence-corrected chi connectivity index (χ1v) is 16.6. The molecular weight excluding hydrogens is 592 g/mol. The van der Waals surface area contributed by atoms with Crippen molar-refractivity contribution in [3.8, 4) is 0 Å². The van der Waals surface area contributed by atoms with E-state index in [1.54, 1.807) is 11.9 Å². The summed E-state index contributed by atoms with van der Waals surface area (Å²) >= 11 is 0. The number of carbonyl (C=O) groups excluding carboxylic acids is 4. The molecule has 5 atom stereocenters. The van der Waals surface area contributed by atoms with Crippen molar-refractivity contribution in [2.24, 2.45) is 5.92 Å². The number of nitrogens with zero attached hydrogens (tertiary/aromatic N) is 1. The van der Waals surface area contributed by atoms with Crippen LogP contribution in [0.5, 0.6) is 0 Å². The van der Waals surface area contributed by atoms with Gasteiger partial charge < -0.3 is 31.5 Å². The largest absolute Gasteiger partial charge is 0.343 e. The number of urea groups is 1. The smallest absolute Gasteiger partial charge is 0.314 e. The van der Waals surface area contributed by atoms with E-state index < -0.39 is 18.1 Å². The van der Waals surface area contributed by atoms with E-state index >= 15 is 0 Å². The van der Waals surface area contributed by atoms with E-state index in [0.717, 1.165) is 16.7 Å². The fourth-order valence-electron chi connectivity index (χ4n) is 6.86. The lowest BCUT2D eigenvalue weighted by molar-refractivity contribution is -0.143. The minimum Gasteiger partial charge on any atom is -0.343 e. The van der Waals surface area contributed by atoms with Crippen LogP contribution in [0.2, 0.25) is 0 Å². The molecule has 5 N–H and O–H groups in total. The zero-order valence-corrected chi connectivity index (χ0v) is 27.2. The number of hydrogen-bond acceptors (Lipinski definition) is 5. The summed E-state index contributed by atoms with van der Waals surface area (Å²) in [6, 6.07) is 26.3. The Morgan fingerprint density at radius 3 is 2.00 bits per heavy atom. The molecule has 2 heterocycles. The molecule has 5 amide bonds. The van der Waals surface area contributed by atoms with Crippen LogP contribution in [0.3, 0.4) is 0 Å². The maximum atomic E-state index is 14.5. The fourth-order valence-corrected chi connectivity index (χ4v) is 6.86. The van der Waals surface area contributed by atoms with Crippen LogP contribution in [0.15, 0.2) is 91.0 Å². The number of fused-ring (bicyclic) bond motifs is 1. The van der Waals surface area contributed by atoms with Gasteiger partial charge in [0.05, 0.1) is 12.1 Å². The molecule has 0 unspecified atom stereocenters. The molecule has 10 heteroatoms. The van der Waals surface area contributed by atoms with Crippen LogP contribution in [0.25, 0.3) is 0 Å². The van der Waals surface area contributed by atoms with Crippen molar-refractivity contribution in [3.63, 3.8) is 0 Å². The molecule has 2 aliphatic heterocycles. The molecule has 0 aliphatic carbocycles. The third kappa shape index (κ3) is 8.37. The molecule has 47 heavy (non-hydrogen) atoms. The Bertz CT molecular complexity index is 1450. The molecule has 2 saturated heterocycles. The van der Waals surface area contributed by atoms with Crippen molar-refractivity contribution >= 4 is 23.8 Å². The molecule has 2 fully saturated rings. The highest BCUT2D eigenvalue weighted by molar-refractivity contribution is 5.94. The van der Waals surface area contributed by atoms with Crippen LogP contribution < -0.4 is 26.6 Å². The van der Waals surface area contributed by atoms with E-state index in [1.165, 1.54) is 0 Å². The molecule has 0 saturated carbocycles. The quantitative estimate of drug-likeness (QED) is 0.208. The predicted molar refractivity (Wildman–Crippen MR) is 181 cm³/mol. The molecule has 0 aromatic heterocycles. The molecule has 2 aliphatic rings. The molecule has 3 aromatic rings. The Balaban J connectivity index is 1.38. The number of benzene rings is 3. The van der Waals surface area contributed by atoms with Crippen molar-refractivity contribution in [1.29, 1.82) is 0 Å². The fraction of sp³-hybridized carbons (Fsp3) is 0.405. The average molecular weight is 639 g/mol. The van der Waals surface area contributed by atoms with E-state index in [0.29, 0.717) is 38.6 Å². The second-order valence-electron chi connectivity index (χ2n) is 12.4. The van der Waals surface area contributed by atoms with Gasteiger partial charge >= 0.3 is 6.03 Å². The van der Waals surface area contributed by atoms with Gasteiger partial charge in [0.25, 0.3) is 0 Å². The summed E-state index contributed by atoms with van der Waals surface area (Å²) in [6.07, 6.45) is 2.95. The minimum atomic E-state index is -0.909. The zero-order chi connectivity index (χ0) is 33.2. The van der Waals surface area contributed by atoms with E-state index in [9.17, 15) is 19.2 Å². The standard InChI is InChI=1S/C37H46N6O4/c1-3-39-37(47)40-24-28-19-20-29-21-22-31(35(45)41-32(26-15-9-5-10-16-26)27-17-11-6-12-18-27)43(29)36(46)33(28)42-34(44)30(38-2)23-25-13-7-4-8-14-25/h4-18,28-33,38H,3,19-24H2,1-2H3,(H,41,45)(H,42,44)(H2,39,40,47)/t28-,29+,30-,31+,33+/m1/s1. The molecule has 3 aromatic carbocycles. The highest BCUT2D eigenvalue weighted by Gasteiger charge is 2.48. The maximum absolute atomic E-state index is 14.5. The summed E-state index contributed by atoms with van der Waals surface area (Å²) in [4.78, 5) is 56.4. The van der Waals surface area contributed by atoms with Crippen LogP contribution in [0, 0.1) is 5.92 Å². The van der Waals surface area contributed by atoms with Gasteiger partial charge in [-0.15, -0.1) is 0 Å². The van der Waals surface area contributed by atoms with E-state index in [4.69, 9.17) is 0 Å². The van der Waals surface area contributed by atoms with E-state index in [-0.39, 0.29) is 48.3 Å². The van der Waals surface area contributed by atoms with Crippen molar-refractivity contribution < 1.29 is 19.2 Å². The Kier molecular flexibility index (Phi) is 11.6. The second kappa shape index (κ2) is 16.2. The average Bonchev–Trinajstić information content (AvgIpc) is 3.48. The number of carbonyl (C=O) groups is 4. The molecule has 0 bridgehead atoms. The van der Waals surface area contributed by atoms with Gasteiger partial charge in [-0.3, -0.25) is 14.4 Å². The van der Waals surface area contributed by atoms with Crippen molar-refractivity contribution in [1.82, 2.24) is 31.5 Å². The zero-order valence-electron chi connectivity index (χ0n) is 27.2. The van der Waals surface area contributed by atoms with Gasteiger partial charge in [-0.2, -0.15) is 0 Å². The Morgan fingerprint density at radius 2 is 1.40 bits per heavy atom. The highest BCUT2D eigenvalue weighted by atomic mass is 16.2. The van der Waals surface area contributed by atoms with Crippen molar-refractivity contribution in [2.75, 3.05) is 20.1 Å². The van der Waals surface area contributed by atoms with Crippen LogP contribution >= 0.6 is 0 Å². The lowest BCUT2D eigenvalue weighted by Gasteiger charge is -2.33. The van der Waals surface area contributed by atoms with Gasteiger partial charge in [-0.25, -0.2) is 4.79 Å². The molecular formula is C37H46N6O4. The Hall–Kier alpha value is -4.70. The first-order valence-electron chi connectivity index (χ1n) is 16.6. The van der Waals surface area contributed by atoms with Gasteiger partial charge in [-0.05, 0) is 62.8 Å². The van der Waals surface area contributed by atoms with Gasteiger partial charge in [0, 0.05) is 25.0 Å². The van der Waals surface area contributed by atoms with E-state index in [2.05, 4.69) is 26.6 Å². The van der Waals surface area contributed by atoms with Gasteiger partial charge in [-0.1, -0.05) is 91.0 Å². The molecule has 0 spiro atoms. The maximum Gasteiger partial charge on any atom is 0.314 e. The number of likely N-dealkylation sites (N-methyl/N-ethyl adjacent to an activating group) is 1. The Labute approximate surface area is 277 Å². The first kappa shape index (κ1) is 33.7. The van der Waals surface area contributed by atoms with Crippen LogP contribution in [-0.4, -0.2) is 73.0 Å². The lowest BCUT2D eigenvalue weighted by atomic mass is 9.92. The molecule has 0 radical (unpaired) electrons. The molecule has 10 nitrogen and oxygen atoms in total. The Morgan fingerprint density at radius 1 is 0.809 bits per heavy atom. The van der Waals surface area contributed by atoms with Gasteiger partial charge in [0.1, 0.15) is 12.1 Å². The van der Waals surface area contributed by atoms with Crippen LogP contribution in [0.1, 0.15) is 55.3 Å². The normalized spacial score (nSPS) is 21.3. The van der Waals surface area contributed by atoms with Crippen LogP contribution in [-0.2, 0) is 20.8 Å². The number of nitrogens with one attached hydrogen (secondary N) is 5. The molecule has 5 rings (SSSR count). The third-order valence-electron chi connectivity index (χ3n) is 9.33.